The van der Waals surface area contributed by atoms with Gasteiger partial charge in [-0.1, -0.05) is 12.1 Å². The number of aromatic nitrogens is 1. The van der Waals surface area contributed by atoms with E-state index in [1.807, 2.05) is 36.4 Å². The lowest BCUT2D eigenvalue weighted by Gasteiger charge is -2.19. The average molecular weight is 286 g/mol. The van der Waals surface area contributed by atoms with E-state index in [0.717, 1.165) is 30.2 Å². The van der Waals surface area contributed by atoms with Crippen molar-refractivity contribution >= 4 is 0 Å². The highest BCUT2D eigenvalue weighted by molar-refractivity contribution is 5.43. The second-order valence-electron chi connectivity index (χ2n) is 4.67. The summed E-state index contributed by atoms with van der Waals surface area (Å²) in [5.41, 5.74) is 1.16. The molecule has 1 aliphatic heterocycles. The molecule has 0 bridgehead atoms. The first kappa shape index (κ1) is 13.7. The fraction of sp³-hybridized carbons (Fsp3) is 0.312. The Morgan fingerprint density at radius 1 is 1.10 bits per heavy atom. The van der Waals surface area contributed by atoms with Crippen LogP contribution < -0.4 is 19.5 Å². The number of rotatable bonds is 6. The van der Waals surface area contributed by atoms with Gasteiger partial charge in [0.2, 0.25) is 5.88 Å². The van der Waals surface area contributed by atoms with Gasteiger partial charge in [-0.15, -0.1) is 0 Å². The number of hydrogen-bond donors (Lipinski definition) is 1. The smallest absolute Gasteiger partial charge is 0.213 e. The number of benzene rings is 1. The molecule has 2 heterocycles. The number of pyridine rings is 1. The van der Waals surface area contributed by atoms with Gasteiger partial charge < -0.3 is 19.5 Å². The summed E-state index contributed by atoms with van der Waals surface area (Å²) in [5, 5.41) is 3.33. The zero-order valence-electron chi connectivity index (χ0n) is 11.7. The van der Waals surface area contributed by atoms with Crippen LogP contribution in [0.4, 0.5) is 0 Å². The van der Waals surface area contributed by atoms with E-state index in [2.05, 4.69) is 10.3 Å². The zero-order valence-corrected chi connectivity index (χ0v) is 11.7. The Hall–Kier alpha value is -2.27. The Bertz CT molecular complexity index is 575. The molecule has 1 aromatic heterocycles. The highest BCUT2D eigenvalue weighted by Gasteiger charge is 2.11. The number of fused-ring (bicyclic) bond motifs is 1. The van der Waals surface area contributed by atoms with Crippen LogP contribution >= 0.6 is 0 Å². The van der Waals surface area contributed by atoms with E-state index in [4.69, 9.17) is 14.2 Å². The van der Waals surface area contributed by atoms with Crippen LogP contribution in [-0.2, 0) is 6.54 Å². The minimum Gasteiger partial charge on any atom is -0.486 e. The molecule has 0 amide bonds. The van der Waals surface area contributed by atoms with Crippen LogP contribution in [0.25, 0.3) is 0 Å². The number of nitrogens with zero attached hydrogens (tertiary/aromatic N) is 1. The van der Waals surface area contributed by atoms with Crippen LogP contribution in [0.3, 0.4) is 0 Å². The molecule has 5 heteroatoms. The standard InChI is InChI=1S/C16H18N2O3/c1-2-6-18-16(3-1)21-8-7-17-12-13-4-5-14-15(11-13)20-10-9-19-14/h1-6,11,17H,7-10,12H2. The summed E-state index contributed by atoms with van der Waals surface area (Å²) in [5.74, 6) is 2.30. The van der Waals surface area contributed by atoms with Gasteiger partial charge in [-0.25, -0.2) is 4.98 Å². The van der Waals surface area contributed by atoms with E-state index in [0.29, 0.717) is 25.7 Å². The van der Waals surface area contributed by atoms with Crippen molar-refractivity contribution in [3.8, 4) is 17.4 Å². The lowest BCUT2D eigenvalue weighted by molar-refractivity contribution is 0.171. The summed E-state index contributed by atoms with van der Waals surface area (Å²) in [4.78, 5) is 4.10. The Morgan fingerprint density at radius 2 is 2.00 bits per heavy atom. The van der Waals surface area contributed by atoms with Crippen molar-refractivity contribution in [1.29, 1.82) is 0 Å². The Kier molecular flexibility index (Phi) is 4.53. The van der Waals surface area contributed by atoms with E-state index in [1.54, 1.807) is 6.20 Å². The van der Waals surface area contributed by atoms with Crippen molar-refractivity contribution in [3.63, 3.8) is 0 Å². The third kappa shape index (κ3) is 3.86. The van der Waals surface area contributed by atoms with Crippen LogP contribution in [0.15, 0.2) is 42.6 Å². The zero-order chi connectivity index (χ0) is 14.3. The molecular weight excluding hydrogens is 268 g/mol. The first-order chi connectivity index (χ1) is 10.4. The van der Waals surface area contributed by atoms with E-state index in [9.17, 15) is 0 Å². The molecule has 2 aromatic rings. The van der Waals surface area contributed by atoms with Gasteiger partial charge in [0.25, 0.3) is 0 Å². The molecule has 0 unspecified atom stereocenters. The molecule has 1 N–H and O–H groups in total. The van der Waals surface area contributed by atoms with Crippen molar-refractivity contribution in [3.05, 3.63) is 48.2 Å². The highest BCUT2D eigenvalue weighted by atomic mass is 16.6. The molecule has 21 heavy (non-hydrogen) atoms. The van der Waals surface area contributed by atoms with E-state index >= 15 is 0 Å². The van der Waals surface area contributed by atoms with E-state index in [-0.39, 0.29) is 0 Å². The molecule has 5 nitrogen and oxygen atoms in total. The van der Waals surface area contributed by atoms with Crippen LogP contribution in [-0.4, -0.2) is 31.3 Å². The third-order valence-electron chi connectivity index (χ3n) is 3.10. The van der Waals surface area contributed by atoms with Gasteiger partial charge in [0.05, 0.1) is 0 Å². The van der Waals surface area contributed by atoms with Gasteiger partial charge in [0.15, 0.2) is 11.5 Å². The highest BCUT2D eigenvalue weighted by Crippen LogP contribution is 2.30. The molecule has 1 aromatic carbocycles. The summed E-state index contributed by atoms with van der Waals surface area (Å²) in [6.07, 6.45) is 1.72. The second-order valence-corrected chi connectivity index (χ2v) is 4.67. The molecule has 0 atom stereocenters. The van der Waals surface area contributed by atoms with Crippen LogP contribution in [0.1, 0.15) is 5.56 Å². The molecule has 3 rings (SSSR count). The molecule has 0 saturated carbocycles. The second kappa shape index (κ2) is 6.95. The van der Waals surface area contributed by atoms with Gasteiger partial charge in [0, 0.05) is 25.4 Å². The van der Waals surface area contributed by atoms with Gasteiger partial charge >= 0.3 is 0 Å². The molecule has 0 aliphatic carbocycles. The van der Waals surface area contributed by atoms with Gasteiger partial charge in [0.1, 0.15) is 19.8 Å². The minimum atomic E-state index is 0.585. The van der Waals surface area contributed by atoms with Crippen molar-refractivity contribution in [2.24, 2.45) is 0 Å². The molecule has 0 spiro atoms. The predicted octanol–water partition coefficient (Wildman–Crippen LogP) is 2.02. The monoisotopic (exact) mass is 286 g/mol. The summed E-state index contributed by atoms with van der Waals surface area (Å²) in [6, 6.07) is 11.6. The van der Waals surface area contributed by atoms with Crippen molar-refractivity contribution in [2.45, 2.75) is 6.54 Å². The van der Waals surface area contributed by atoms with Crippen LogP contribution in [0.2, 0.25) is 0 Å². The molecule has 0 saturated heterocycles. The molecule has 0 radical (unpaired) electrons. The van der Waals surface area contributed by atoms with Crippen LogP contribution in [0, 0.1) is 0 Å². The fourth-order valence-corrected chi connectivity index (χ4v) is 2.09. The maximum Gasteiger partial charge on any atom is 0.213 e. The minimum absolute atomic E-state index is 0.585. The third-order valence-corrected chi connectivity index (χ3v) is 3.10. The Labute approximate surface area is 123 Å². The van der Waals surface area contributed by atoms with Crippen molar-refractivity contribution < 1.29 is 14.2 Å². The summed E-state index contributed by atoms with van der Waals surface area (Å²) < 4.78 is 16.6. The largest absolute Gasteiger partial charge is 0.486 e. The number of hydrogen-bond acceptors (Lipinski definition) is 5. The summed E-state index contributed by atoms with van der Waals surface area (Å²) in [6.45, 7) is 3.34. The summed E-state index contributed by atoms with van der Waals surface area (Å²) >= 11 is 0. The topological polar surface area (TPSA) is 52.6 Å². The Morgan fingerprint density at radius 3 is 2.86 bits per heavy atom. The Balaban J connectivity index is 1.41. The van der Waals surface area contributed by atoms with Crippen molar-refractivity contribution in [1.82, 2.24) is 10.3 Å². The molecule has 1 aliphatic rings. The fourth-order valence-electron chi connectivity index (χ4n) is 2.09. The summed E-state index contributed by atoms with van der Waals surface area (Å²) in [7, 11) is 0. The maximum atomic E-state index is 5.56. The first-order valence-electron chi connectivity index (χ1n) is 7.05. The first-order valence-corrected chi connectivity index (χ1v) is 7.05. The van der Waals surface area contributed by atoms with Crippen molar-refractivity contribution in [2.75, 3.05) is 26.4 Å². The molecular formula is C16H18N2O3. The van der Waals surface area contributed by atoms with E-state index in [1.165, 1.54) is 0 Å². The van der Waals surface area contributed by atoms with Gasteiger partial charge in [-0.2, -0.15) is 0 Å². The van der Waals surface area contributed by atoms with Crippen LogP contribution in [0.5, 0.6) is 17.4 Å². The van der Waals surface area contributed by atoms with Gasteiger partial charge in [-0.3, -0.25) is 0 Å². The maximum absolute atomic E-state index is 5.56. The average Bonchev–Trinajstić information content (AvgIpc) is 2.55. The number of nitrogens with one attached hydrogen (secondary N) is 1. The predicted molar refractivity (Wildman–Crippen MR) is 78.9 cm³/mol. The molecule has 0 fully saturated rings. The number of ether oxygens (including phenoxy) is 3. The molecule has 110 valence electrons. The quantitative estimate of drug-likeness (QED) is 0.823. The van der Waals surface area contributed by atoms with Gasteiger partial charge in [-0.05, 0) is 23.8 Å². The lowest BCUT2D eigenvalue weighted by Crippen LogP contribution is -2.21. The SMILES string of the molecule is c1ccc(OCCNCc2ccc3c(c2)OCCO3)nc1. The lowest BCUT2D eigenvalue weighted by atomic mass is 10.2. The normalized spacial score (nSPS) is 13.0. The van der Waals surface area contributed by atoms with E-state index < -0.39 is 0 Å².